The first-order valence-electron chi connectivity index (χ1n) is 8.73. The molecule has 16 nitrogen and oxygen atoms in total. The number of hydrogen-bond donors (Lipinski definition) is 1. The van der Waals surface area contributed by atoms with E-state index in [9.17, 15) is 47.8 Å². The zero-order valence-electron chi connectivity index (χ0n) is 18.9. The van der Waals surface area contributed by atoms with Gasteiger partial charge in [-0.25, -0.2) is 0 Å². The Morgan fingerprint density at radius 2 is 1.74 bits per heavy atom. The average Bonchev–Trinajstić information content (AvgIpc) is 2.67. The summed E-state index contributed by atoms with van der Waals surface area (Å²) in [5.41, 5.74) is -2.47. The van der Waals surface area contributed by atoms with E-state index in [2.05, 4.69) is 30.0 Å². The van der Waals surface area contributed by atoms with Gasteiger partial charge in [0.25, 0.3) is 27.4 Å². The Hall–Kier alpha value is -0.210. The van der Waals surface area contributed by atoms with Gasteiger partial charge in [-0.3, -0.25) is 29.2 Å². The minimum absolute atomic E-state index is 0. The van der Waals surface area contributed by atoms with Crippen LogP contribution >= 0.6 is 23.8 Å². The number of carbonyl (C=O) groups excluding carboxylic acids is 1. The second-order valence-electron chi connectivity index (χ2n) is 6.11. The third kappa shape index (κ3) is 13.8. The minimum atomic E-state index is -5.31. The number of halogens is 1. The zero-order chi connectivity index (χ0) is 25.4. The van der Waals surface area contributed by atoms with Crippen molar-refractivity contribution in [1.29, 1.82) is 0 Å². The van der Waals surface area contributed by atoms with Crippen molar-refractivity contribution in [1.82, 2.24) is 5.32 Å². The Balaban J connectivity index is 0. The molecule has 1 aromatic carbocycles. The van der Waals surface area contributed by atoms with Crippen LogP contribution in [-0.4, -0.2) is 68.6 Å². The number of nitro groups is 2. The van der Waals surface area contributed by atoms with Crippen molar-refractivity contribution in [3.63, 3.8) is 0 Å². The first-order chi connectivity index (χ1) is 15.2. The predicted octanol–water partition coefficient (Wildman–Crippen LogP) is -6.74. The van der Waals surface area contributed by atoms with Crippen molar-refractivity contribution in [3.8, 4) is 0 Å². The Morgan fingerprint density at radius 3 is 2.20 bits per heavy atom. The minimum Gasteiger partial charge on any atom is -0.790 e. The molecule has 0 saturated carbocycles. The maximum atomic E-state index is 12.7. The molecule has 1 aromatic rings. The first kappa shape index (κ1) is 36.9. The average molecular weight is 623 g/mol. The number of carbonyl (C=O) groups is 1. The molecule has 0 aromatic heterocycles. The van der Waals surface area contributed by atoms with E-state index in [4.69, 9.17) is 0 Å². The number of nitrogens with zero attached hydrogens (tertiary/aromatic N) is 3. The van der Waals surface area contributed by atoms with Crippen LogP contribution in [0.2, 0.25) is 0 Å². The van der Waals surface area contributed by atoms with E-state index < -0.39 is 70.4 Å². The van der Waals surface area contributed by atoms with Crippen molar-refractivity contribution >= 4 is 56.8 Å². The van der Waals surface area contributed by atoms with Gasteiger partial charge in [0.1, 0.15) is 5.69 Å². The van der Waals surface area contributed by atoms with E-state index >= 15 is 0 Å². The summed E-state index contributed by atoms with van der Waals surface area (Å²) < 4.78 is 41.5. The normalized spacial score (nSPS) is 11.1. The molecule has 0 aliphatic heterocycles. The fourth-order valence-electron chi connectivity index (χ4n) is 2.51. The molecule has 21 heteroatoms. The summed E-state index contributed by atoms with van der Waals surface area (Å²) in [5, 5.41) is 25.2. The molecule has 0 unspecified atom stereocenters. The number of anilines is 1. The fraction of sp³-hybridized carbons (Fsp3) is 0.500. The van der Waals surface area contributed by atoms with Gasteiger partial charge < -0.3 is 29.1 Å². The maximum absolute atomic E-state index is 12.7. The number of phosphoric acid groups is 1. The largest absolute Gasteiger partial charge is 1.00 e. The van der Waals surface area contributed by atoms with Crippen molar-refractivity contribution < 1.29 is 105 Å². The number of rotatable bonds is 14. The summed E-state index contributed by atoms with van der Waals surface area (Å²) >= 11 is 3.13. The molecular weight excluding hydrogens is 605 g/mol. The number of benzene rings is 1. The monoisotopic (exact) mass is 622 g/mol. The van der Waals surface area contributed by atoms with Crippen molar-refractivity contribution in [2.45, 2.75) is 0 Å². The van der Waals surface area contributed by atoms with Crippen LogP contribution in [0.4, 0.5) is 17.1 Å². The van der Waals surface area contributed by atoms with E-state index in [1.807, 2.05) is 0 Å². The summed E-state index contributed by atoms with van der Waals surface area (Å²) in [6.07, 6.45) is 0.791. The van der Waals surface area contributed by atoms with Crippen LogP contribution in [0, 0.1) is 20.2 Å². The van der Waals surface area contributed by atoms with Gasteiger partial charge in [0.2, 0.25) is 0 Å². The van der Waals surface area contributed by atoms with Gasteiger partial charge in [-0.15, -0.1) is 0 Å². The van der Waals surface area contributed by atoms with Crippen LogP contribution in [0.15, 0.2) is 12.1 Å². The van der Waals surface area contributed by atoms with E-state index in [0.29, 0.717) is 6.07 Å². The molecule has 35 heavy (non-hydrogen) atoms. The van der Waals surface area contributed by atoms with Gasteiger partial charge in [-0.1, -0.05) is 15.9 Å². The van der Waals surface area contributed by atoms with E-state index in [1.54, 1.807) is 0 Å². The van der Waals surface area contributed by atoms with Crippen LogP contribution in [0.3, 0.4) is 0 Å². The standard InChI is InChI=1S/C14H20BrN4O12PS.2Na/c1-33(28,29)31-7-5-17(4-2-15)13-11(14(20)16-3-6-30-32(25,26)27)8-10(18(21)22)9-12(13)19(23)24;;/h8-9H,2-7H2,1H3,(H,16,20)(H2,25,26,27);;/q;2*+1/p-2. The summed E-state index contributed by atoms with van der Waals surface area (Å²) in [7, 11) is -9.15. The summed E-state index contributed by atoms with van der Waals surface area (Å²) in [6, 6.07) is 1.41. The molecule has 0 bridgehead atoms. The number of nitro benzene ring substituents is 2. The van der Waals surface area contributed by atoms with E-state index in [0.717, 1.165) is 12.3 Å². The third-order valence-corrected chi connectivity index (χ3v) is 5.14. The molecule has 0 aliphatic carbocycles. The first-order valence-corrected chi connectivity index (χ1v) is 13.1. The molecular formula is C14H18BrN4Na2O12PS. The number of alkyl halides is 1. The van der Waals surface area contributed by atoms with Gasteiger partial charge in [0.05, 0.1) is 48.8 Å². The molecule has 0 fully saturated rings. The second kappa shape index (κ2) is 16.6. The second-order valence-corrected chi connectivity index (χ2v) is 9.70. The van der Waals surface area contributed by atoms with Gasteiger partial charge >= 0.3 is 59.1 Å². The van der Waals surface area contributed by atoms with E-state index in [1.165, 1.54) is 4.90 Å². The number of nitrogens with one attached hydrogen (secondary N) is 1. The Labute approximate surface area is 252 Å². The Bertz CT molecular complexity index is 1060. The molecule has 0 atom stereocenters. The van der Waals surface area contributed by atoms with Crippen LogP contribution in [0.25, 0.3) is 0 Å². The van der Waals surface area contributed by atoms with Crippen LogP contribution in [0.5, 0.6) is 0 Å². The predicted molar refractivity (Wildman–Crippen MR) is 112 cm³/mol. The summed E-state index contributed by atoms with van der Waals surface area (Å²) in [6.45, 7) is -1.95. The van der Waals surface area contributed by atoms with Gasteiger partial charge in [0, 0.05) is 31.0 Å². The molecule has 0 radical (unpaired) electrons. The molecule has 0 heterocycles. The number of phosphoric ester groups is 1. The van der Waals surface area contributed by atoms with Gasteiger partial charge in [-0.2, -0.15) is 8.42 Å². The SMILES string of the molecule is CS(=O)(=O)OCCN(CCBr)c1c(C(=O)NCCOP(=O)([O-])[O-])cc([N+](=O)[O-])cc1[N+](=O)[O-].[Na+].[Na+]. The summed E-state index contributed by atoms with van der Waals surface area (Å²) in [4.78, 5) is 55.9. The van der Waals surface area contributed by atoms with Crippen molar-refractivity contribution in [2.24, 2.45) is 0 Å². The molecule has 1 N–H and O–H groups in total. The molecule has 186 valence electrons. The molecule has 0 spiro atoms. The van der Waals surface area contributed by atoms with Crippen LogP contribution in [-0.2, 0) is 23.4 Å². The quantitative estimate of drug-likeness (QED) is 0.0387. The maximum Gasteiger partial charge on any atom is 1.00 e. The zero-order valence-corrected chi connectivity index (χ0v) is 26.2. The molecule has 1 rings (SSSR count). The topological polar surface area (TPSA) is 234 Å². The van der Waals surface area contributed by atoms with Gasteiger partial charge in [-0.05, 0) is 0 Å². The van der Waals surface area contributed by atoms with Crippen molar-refractivity contribution in [3.05, 3.63) is 37.9 Å². The van der Waals surface area contributed by atoms with Crippen LogP contribution < -0.4 is 79.1 Å². The smallest absolute Gasteiger partial charge is 0.790 e. The summed E-state index contributed by atoms with van der Waals surface area (Å²) in [5.74, 6) is -1.07. The Morgan fingerprint density at radius 1 is 1.14 bits per heavy atom. The number of non-ortho nitro benzene ring substituents is 1. The number of hydrogen-bond acceptors (Lipinski definition) is 13. The Kier molecular flexibility index (Phi) is 17.5. The molecule has 0 aliphatic rings. The molecule has 1 amide bonds. The van der Waals surface area contributed by atoms with Crippen LogP contribution in [0.1, 0.15) is 10.4 Å². The van der Waals surface area contributed by atoms with Gasteiger partial charge in [0.15, 0.2) is 0 Å². The van der Waals surface area contributed by atoms with E-state index in [-0.39, 0.29) is 83.2 Å². The van der Waals surface area contributed by atoms with Crippen molar-refractivity contribution in [2.75, 3.05) is 49.3 Å². The number of amides is 1. The fourth-order valence-corrected chi connectivity index (χ4v) is 3.63. The molecule has 0 saturated heterocycles. The third-order valence-electron chi connectivity index (χ3n) is 3.69.